The van der Waals surface area contributed by atoms with Crippen molar-refractivity contribution in [3.05, 3.63) is 17.7 Å². The average Bonchev–Trinajstić information content (AvgIpc) is 2.19. The molecule has 0 saturated heterocycles. The summed E-state index contributed by atoms with van der Waals surface area (Å²) in [4.78, 5) is 11.3. The maximum atomic E-state index is 11.3. The number of esters is 1. The zero-order valence-electron chi connectivity index (χ0n) is 8.03. The molecule has 1 aromatic carbocycles. The lowest BCUT2D eigenvalue weighted by Crippen LogP contribution is -2.09. The van der Waals surface area contributed by atoms with Crippen LogP contribution in [0, 0.1) is 0 Å². The van der Waals surface area contributed by atoms with Gasteiger partial charge in [0, 0.05) is 0 Å². The van der Waals surface area contributed by atoms with Gasteiger partial charge in [-0.3, -0.25) is 0 Å². The molecule has 0 aliphatic rings. The van der Waals surface area contributed by atoms with Gasteiger partial charge in [0.05, 0.1) is 25.6 Å². The largest absolute Gasteiger partial charge is 0.494 e. The normalized spacial score (nSPS) is 9.57. The van der Waals surface area contributed by atoms with Crippen LogP contribution in [0.25, 0.3) is 0 Å². The molecule has 0 fully saturated rings. The maximum absolute atomic E-state index is 11.3. The Morgan fingerprint density at radius 1 is 1.21 bits per heavy atom. The minimum atomic E-state index is -0.563. The highest BCUT2D eigenvalue weighted by atomic mass is 16.5. The molecule has 0 aliphatic carbocycles. The van der Waals surface area contributed by atoms with Crippen LogP contribution in [0.5, 0.6) is 5.75 Å². The van der Waals surface area contributed by atoms with Crippen molar-refractivity contribution < 1.29 is 14.3 Å². The van der Waals surface area contributed by atoms with Gasteiger partial charge in [-0.15, -0.1) is 0 Å². The molecule has 5 heteroatoms. The summed E-state index contributed by atoms with van der Waals surface area (Å²) in [6, 6.07) is 3.10. The minimum absolute atomic E-state index is 0.162. The van der Waals surface area contributed by atoms with Crippen LogP contribution < -0.4 is 16.2 Å². The molecule has 4 N–H and O–H groups in total. The van der Waals surface area contributed by atoms with E-state index in [4.69, 9.17) is 16.2 Å². The molecule has 0 atom stereocenters. The summed E-state index contributed by atoms with van der Waals surface area (Å²) in [5, 5.41) is 0. The molecule has 1 aromatic rings. The smallest absolute Gasteiger partial charge is 0.343 e. The lowest BCUT2D eigenvalue weighted by atomic mass is 10.1. The van der Waals surface area contributed by atoms with Crippen LogP contribution in [0.4, 0.5) is 11.4 Å². The van der Waals surface area contributed by atoms with Gasteiger partial charge < -0.3 is 20.9 Å². The van der Waals surface area contributed by atoms with Gasteiger partial charge in [0.1, 0.15) is 5.56 Å². The zero-order chi connectivity index (χ0) is 10.7. The fraction of sp³-hybridized carbons (Fsp3) is 0.222. The first-order valence-electron chi connectivity index (χ1n) is 3.92. The van der Waals surface area contributed by atoms with Crippen LogP contribution in [0.1, 0.15) is 10.4 Å². The predicted octanol–water partition coefficient (Wildman–Crippen LogP) is 0.646. The molecule has 0 radical (unpaired) electrons. The quantitative estimate of drug-likeness (QED) is 0.535. The number of rotatable bonds is 2. The summed E-state index contributed by atoms with van der Waals surface area (Å²) in [6.07, 6.45) is 0. The highest BCUT2D eigenvalue weighted by molar-refractivity contribution is 6.00. The molecular weight excluding hydrogens is 184 g/mol. The molecule has 1 rings (SSSR count). The molecule has 0 spiro atoms. The van der Waals surface area contributed by atoms with E-state index in [0.717, 1.165) is 0 Å². The van der Waals surface area contributed by atoms with Crippen LogP contribution in [0.3, 0.4) is 0 Å². The Bertz CT molecular complexity index is 363. The van der Waals surface area contributed by atoms with E-state index in [9.17, 15) is 4.79 Å². The van der Waals surface area contributed by atoms with Gasteiger partial charge in [-0.05, 0) is 12.1 Å². The summed E-state index contributed by atoms with van der Waals surface area (Å²) in [6.45, 7) is 0. The molecule has 76 valence electrons. The van der Waals surface area contributed by atoms with E-state index in [1.54, 1.807) is 6.07 Å². The van der Waals surface area contributed by atoms with Crippen molar-refractivity contribution in [2.75, 3.05) is 25.7 Å². The summed E-state index contributed by atoms with van der Waals surface area (Å²) in [5.41, 5.74) is 12.0. The average molecular weight is 196 g/mol. The van der Waals surface area contributed by atoms with E-state index in [0.29, 0.717) is 5.69 Å². The molecule has 0 amide bonds. The lowest BCUT2D eigenvalue weighted by Gasteiger charge is -2.11. The molecule has 5 nitrogen and oxygen atoms in total. The van der Waals surface area contributed by atoms with Gasteiger partial charge in [0.25, 0.3) is 0 Å². The number of ether oxygens (including phenoxy) is 2. The summed E-state index contributed by atoms with van der Waals surface area (Å²) < 4.78 is 9.53. The highest BCUT2D eigenvalue weighted by Gasteiger charge is 2.18. The maximum Gasteiger partial charge on any atom is 0.343 e. The predicted molar refractivity (Wildman–Crippen MR) is 53.2 cm³/mol. The van der Waals surface area contributed by atoms with E-state index >= 15 is 0 Å². The third-order valence-electron chi connectivity index (χ3n) is 1.81. The Morgan fingerprint density at radius 3 is 2.29 bits per heavy atom. The first-order valence-corrected chi connectivity index (χ1v) is 3.92. The van der Waals surface area contributed by atoms with Gasteiger partial charge in [0.2, 0.25) is 0 Å². The van der Waals surface area contributed by atoms with Crippen LogP contribution in [-0.4, -0.2) is 20.2 Å². The molecule has 0 aromatic heterocycles. The molecule has 0 aliphatic heterocycles. The lowest BCUT2D eigenvalue weighted by molar-refractivity contribution is 0.0598. The zero-order valence-corrected chi connectivity index (χ0v) is 8.03. The minimum Gasteiger partial charge on any atom is -0.494 e. The number of carbonyl (C=O) groups excluding carboxylic acids is 1. The van der Waals surface area contributed by atoms with Crippen LogP contribution in [0.15, 0.2) is 12.1 Å². The van der Waals surface area contributed by atoms with Crippen molar-refractivity contribution in [3.63, 3.8) is 0 Å². The first kappa shape index (κ1) is 10.2. The Balaban J connectivity index is 3.37. The van der Waals surface area contributed by atoms with E-state index in [1.165, 1.54) is 20.3 Å². The molecule has 0 saturated carbocycles. The van der Waals surface area contributed by atoms with Crippen molar-refractivity contribution in [1.82, 2.24) is 0 Å². The van der Waals surface area contributed by atoms with Crippen molar-refractivity contribution in [3.8, 4) is 5.75 Å². The fourth-order valence-electron chi connectivity index (χ4n) is 1.15. The first-order chi connectivity index (χ1) is 6.61. The van der Waals surface area contributed by atoms with E-state index < -0.39 is 5.97 Å². The van der Waals surface area contributed by atoms with Gasteiger partial charge in [-0.2, -0.15) is 0 Å². The molecule has 0 heterocycles. The number of hydrogen-bond donors (Lipinski definition) is 2. The molecule has 0 unspecified atom stereocenters. The van der Waals surface area contributed by atoms with Crippen LogP contribution in [-0.2, 0) is 4.74 Å². The van der Waals surface area contributed by atoms with Crippen molar-refractivity contribution >= 4 is 17.3 Å². The number of carbonyl (C=O) groups is 1. The number of hydrogen-bond acceptors (Lipinski definition) is 5. The van der Waals surface area contributed by atoms with E-state index in [-0.39, 0.29) is 17.0 Å². The SMILES string of the molecule is COC(=O)c1c(N)ccc(N)c1OC. The summed E-state index contributed by atoms with van der Waals surface area (Å²) in [7, 11) is 2.68. The third-order valence-corrected chi connectivity index (χ3v) is 1.81. The number of nitrogen functional groups attached to an aromatic ring is 2. The van der Waals surface area contributed by atoms with Crippen molar-refractivity contribution in [2.24, 2.45) is 0 Å². The summed E-state index contributed by atoms with van der Waals surface area (Å²) in [5.74, 6) is -0.316. The number of benzene rings is 1. The second-order valence-electron chi connectivity index (χ2n) is 2.64. The van der Waals surface area contributed by atoms with Crippen molar-refractivity contribution in [2.45, 2.75) is 0 Å². The van der Waals surface area contributed by atoms with Crippen molar-refractivity contribution in [1.29, 1.82) is 0 Å². The Morgan fingerprint density at radius 2 is 1.79 bits per heavy atom. The van der Waals surface area contributed by atoms with Gasteiger partial charge in [-0.25, -0.2) is 4.79 Å². The molecule has 14 heavy (non-hydrogen) atoms. The third kappa shape index (κ3) is 1.56. The second-order valence-corrected chi connectivity index (χ2v) is 2.64. The van der Waals surface area contributed by atoms with E-state index in [2.05, 4.69) is 4.74 Å². The molecule has 0 bridgehead atoms. The van der Waals surface area contributed by atoms with Gasteiger partial charge >= 0.3 is 5.97 Å². The number of methoxy groups -OCH3 is 2. The monoisotopic (exact) mass is 196 g/mol. The highest BCUT2D eigenvalue weighted by Crippen LogP contribution is 2.31. The fourth-order valence-corrected chi connectivity index (χ4v) is 1.15. The number of nitrogens with two attached hydrogens (primary N) is 2. The van der Waals surface area contributed by atoms with Gasteiger partial charge in [-0.1, -0.05) is 0 Å². The Labute approximate surface area is 81.6 Å². The standard InChI is InChI=1S/C9H12N2O3/c1-13-8-6(11)4-3-5(10)7(8)9(12)14-2/h3-4H,10-11H2,1-2H3. The Hall–Kier alpha value is -1.91. The van der Waals surface area contributed by atoms with Crippen LogP contribution in [0.2, 0.25) is 0 Å². The van der Waals surface area contributed by atoms with Crippen LogP contribution >= 0.6 is 0 Å². The van der Waals surface area contributed by atoms with Gasteiger partial charge in [0.15, 0.2) is 5.75 Å². The number of anilines is 2. The second kappa shape index (κ2) is 3.87. The van der Waals surface area contributed by atoms with E-state index in [1.807, 2.05) is 0 Å². The topological polar surface area (TPSA) is 87.6 Å². The Kier molecular flexibility index (Phi) is 2.81. The summed E-state index contributed by atoms with van der Waals surface area (Å²) >= 11 is 0. The molecular formula is C9H12N2O3.